The Balaban J connectivity index is 1.73. The highest BCUT2D eigenvalue weighted by Crippen LogP contribution is 2.57. The van der Waals surface area contributed by atoms with Crippen LogP contribution in [0.4, 0.5) is 5.69 Å². The number of benzene rings is 2. The van der Waals surface area contributed by atoms with E-state index in [1.165, 1.54) is 0 Å². The Morgan fingerprint density at radius 1 is 1.24 bits per heavy atom. The molecule has 0 bridgehead atoms. The van der Waals surface area contributed by atoms with Gasteiger partial charge in [-0.15, -0.1) is 5.10 Å². The molecule has 1 aromatic heterocycles. The third-order valence-electron chi connectivity index (χ3n) is 6.26. The van der Waals surface area contributed by atoms with Crippen LogP contribution in [-0.4, -0.2) is 22.7 Å². The smallest absolute Gasteiger partial charge is 0.245 e. The van der Waals surface area contributed by atoms with Crippen molar-refractivity contribution >= 4 is 27.5 Å². The standard InChI is InChI=1S/C25H22BrN5O3/c1-3-4-11-33-15-8-6-14(7-9-15)21-19-23(31-30-21)34-22(28)16(12-27)25(19)18-17(29-24(25)32)10-5-13(2)20(18)26/h5-10H,3-4,11,28H2,1-2H3,(H,29,32)(H,30,31)/t25-/m1/s1. The molecule has 8 nitrogen and oxygen atoms in total. The Kier molecular flexibility index (Phi) is 5.33. The first-order chi connectivity index (χ1) is 16.4. The summed E-state index contributed by atoms with van der Waals surface area (Å²) in [5, 5.41) is 20.4. The molecular formula is C25H22BrN5O3. The lowest BCUT2D eigenvalue weighted by Gasteiger charge is -2.32. The Bertz CT molecular complexity index is 1390. The minimum atomic E-state index is -1.52. The molecule has 3 aromatic rings. The SMILES string of the molecule is CCCCOc1ccc(-c2[nH]nc3c2[C@@]2(C(=O)Nc4ccc(C)c(Br)c42)C(C#N)=C(N)O3)cc1. The van der Waals surface area contributed by atoms with Gasteiger partial charge in [-0.25, -0.2) is 0 Å². The van der Waals surface area contributed by atoms with E-state index in [1.807, 2.05) is 43.3 Å². The zero-order valence-electron chi connectivity index (χ0n) is 18.7. The van der Waals surface area contributed by atoms with Crippen LogP contribution in [-0.2, 0) is 10.2 Å². The molecule has 34 heavy (non-hydrogen) atoms. The number of rotatable bonds is 5. The van der Waals surface area contributed by atoms with Crippen molar-refractivity contribution in [3.05, 3.63) is 69.0 Å². The van der Waals surface area contributed by atoms with Crippen molar-refractivity contribution in [2.45, 2.75) is 32.1 Å². The number of aromatic amines is 1. The van der Waals surface area contributed by atoms with Gasteiger partial charge in [0.1, 0.15) is 22.8 Å². The number of anilines is 1. The molecule has 1 atom stereocenters. The van der Waals surface area contributed by atoms with E-state index in [-0.39, 0.29) is 23.2 Å². The van der Waals surface area contributed by atoms with E-state index in [0.29, 0.717) is 33.6 Å². The van der Waals surface area contributed by atoms with Gasteiger partial charge >= 0.3 is 0 Å². The van der Waals surface area contributed by atoms with Crippen LogP contribution in [0, 0.1) is 18.3 Å². The fourth-order valence-electron chi connectivity index (χ4n) is 4.57. The Morgan fingerprint density at radius 2 is 2.00 bits per heavy atom. The largest absolute Gasteiger partial charge is 0.494 e. The van der Waals surface area contributed by atoms with E-state index in [9.17, 15) is 10.1 Å². The zero-order chi connectivity index (χ0) is 24.0. The number of nitrogens with one attached hydrogen (secondary N) is 2. The third kappa shape index (κ3) is 3.02. The number of aryl methyl sites for hydroxylation is 1. The van der Waals surface area contributed by atoms with E-state index < -0.39 is 5.41 Å². The van der Waals surface area contributed by atoms with Crippen LogP contribution in [0.15, 0.2) is 52.3 Å². The molecule has 4 N–H and O–H groups in total. The second kappa shape index (κ2) is 8.22. The van der Waals surface area contributed by atoms with Crippen molar-refractivity contribution < 1.29 is 14.3 Å². The van der Waals surface area contributed by atoms with E-state index >= 15 is 0 Å². The minimum Gasteiger partial charge on any atom is -0.494 e. The molecule has 2 aliphatic rings. The van der Waals surface area contributed by atoms with Gasteiger partial charge in [0.05, 0.1) is 17.9 Å². The number of hydrogen-bond donors (Lipinski definition) is 3. The van der Waals surface area contributed by atoms with Gasteiger partial charge in [0.2, 0.25) is 17.7 Å². The average molecular weight is 520 g/mol. The van der Waals surface area contributed by atoms with Crippen molar-refractivity contribution in [2.24, 2.45) is 5.73 Å². The summed E-state index contributed by atoms with van der Waals surface area (Å²) in [7, 11) is 0. The fraction of sp³-hybridized carbons (Fsp3) is 0.240. The highest BCUT2D eigenvalue weighted by Gasteiger charge is 2.59. The lowest BCUT2D eigenvalue weighted by atomic mass is 9.68. The summed E-state index contributed by atoms with van der Waals surface area (Å²) >= 11 is 3.65. The van der Waals surface area contributed by atoms with E-state index in [2.05, 4.69) is 44.4 Å². The lowest BCUT2D eigenvalue weighted by molar-refractivity contribution is -0.118. The number of amides is 1. The van der Waals surface area contributed by atoms with Gasteiger partial charge in [-0.2, -0.15) is 5.26 Å². The first kappa shape index (κ1) is 22.0. The molecule has 9 heteroatoms. The van der Waals surface area contributed by atoms with Gasteiger partial charge in [-0.1, -0.05) is 35.3 Å². The van der Waals surface area contributed by atoms with Crippen molar-refractivity contribution in [3.63, 3.8) is 0 Å². The molecule has 1 amide bonds. The number of halogens is 1. The molecule has 5 rings (SSSR count). The van der Waals surface area contributed by atoms with Crippen LogP contribution < -0.4 is 20.5 Å². The van der Waals surface area contributed by atoms with E-state index in [1.54, 1.807) is 0 Å². The summed E-state index contributed by atoms with van der Waals surface area (Å²) in [5.74, 6) is 0.371. The van der Waals surface area contributed by atoms with Crippen molar-refractivity contribution in [1.29, 1.82) is 5.26 Å². The summed E-state index contributed by atoms with van der Waals surface area (Å²) < 4.78 is 12.2. The summed E-state index contributed by atoms with van der Waals surface area (Å²) in [6.45, 7) is 4.68. The van der Waals surface area contributed by atoms with Crippen LogP contribution in [0.1, 0.15) is 36.5 Å². The normalized spacial score (nSPS) is 18.2. The number of fused-ring (bicyclic) bond motifs is 4. The predicted octanol–water partition coefficient (Wildman–Crippen LogP) is 4.65. The first-order valence-corrected chi connectivity index (χ1v) is 11.7. The highest BCUT2D eigenvalue weighted by atomic mass is 79.9. The molecule has 0 saturated carbocycles. The molecule has 0 fully saturated rings. The Labute approximate surface area is 204 Å². The molecule has 0 aliphatic carbocycles. The van der Waals surface area contributed by atoms with Gasteiger partial charge in [0.25, 0.3) is 0 Å². The van der Waals surface area contributed by atoms with E-state index in [4.69, 9.17) is 15.2 Å². The molecule has 1 spiro atoms. The fourth-order valence-corrected chi connectivity index (χ4v) is 5.21. The molecule has 3 heterocycles. The number of H-pyrrole nitrogens is 1. The maximum absolute atomic E-state index is 13.7. The van der Waals surface area contributed by atoms with Gasteiger partial charge in [-0.3, -0.25) is 9.89 Å². The Morgan fingerprint density at radius 3 is 2.71 bits per heavy atom. The maximum atomic E-state index is 13.7. The van der Waals surface area contributed by atoms with Crippen LogP contribution in [0.2, 0.25) is 0 Å². The Hall–Kier alpha value is -3.77. The number of nitrogens with zero attached hydrogens (tertiary/aromatic N) is 2. The van der Waals surface area contributed by atoms with E-state index in [0.717, 1.165) is 29.7 Å². The van der Waals surface area contributed by atoms with Gasteiger partial charge in [0, 0.05) is 21.3 Å². The lowest BCUT2D eigenvalue weighted by Crippen LogP contribution is -2.42. The molecule has 2 aliphatic heterocycles. The number of nitriles is 1. The molecule has 172 valence electrons. The minimum absolute atomic E-state index is 0.0183. The number of unbranched alkanes of at least 4 members (excludes halogenated alkanes) is 1. The second-order valence-electron chi connectivity index (χ2n) is 8.28. The monoisotopic (exact) mass is 519 g/mol. The second-order valence-corrected chi connectivity index (χ2v) is 9.07. The van der Waals surface area contributed by atoms with Crippen LogP contribution in [0.3, 0.4) is 0 Å². The third-order valence-corrected chi connectivity index (χ3v) is 7.28. The van der Waals surface area contributed by atoms with Crippen molar-refractivity contribution in [3.8, 4) is 29.0 Å². The maximum Gasteiger partial charge on any atom is 0.245 e. The molecule has 2 aromatic carbocycles. The zero-order valence-corrected chi connectivity index (χ0v) is 20.2. The number of aromatic nitrogens is 2. The number of ether oxygens (including phenoxy) is 2. The highest BCUT2D eigenvalue weighted by molar-refractivity contribution is 9.10. The number of hydrogen-bond acceptors (Lipinski definition) is 6. The quantitative estimate of drug-likeness (QED) is 0.421. The van der Waals surface area contributed by atoms with Gasteiger partial charge in [-0.05, 0) is 49.2 Å². The molecule has 0 radical (unpaired) electrons. The average Bonchev–Trinajstić information content (AvgIpc) is 3.37. The molecule has 0 unspecified atom stereocenters. The number of carbonyl (C=O) groups excluding carboxylic acids is 1. The summed E-state index contributed by atoms with van der Waals surface area (Å²) in [6, 6.07) is 13.4. The summed E-state index contributed by atoms with van der Waals surface area (Å²) in [6.07, 6.45) is 2.03. The summed E-state index contributed by atoms with van der Waals surface area (Å²) in [5.41, 5.74) is 8.56. The topological polar surface area (TPSA) is 126 Å². The number of nitrogens with two attached hydrogens (primary N) is 1. The molecular weight excluding hydrogens is 498 g/mol. The predicted molar refractivity (Wildman–Crippen MR) is 130 cm³/mol. The first-order valence-electron chi connectivity index (χ1n) is 10.9. The summed E-state index contributed by atoms with van der Waals surface area (Å²) in [4.78, 5) is 13.7. The van der Waals surface area contributed by atoms with Crippen LogP contribution >= 0.6 is 15.9 Å². The van der Waals surface area contributed by atoms with Gasteiger partial charge in [0.15, 0.2) is 0 Å². The number of carbonyl (C=O) groups is 1. The van der Waals surface area contributed by atoms with Crippen LogP contribution in [0.25, 0.3) is 11.3 Å². The van der Waals surface area contributed by atoms with Crippen LogP contribution in [0.5, 0.6) is 11.6 Å². The van der Waals surface area contributed by atoms with Crippen molar-refractivity contribution in [1.82, 2.24) is 10.2 Å². The van der Waals surface area contributed by atoms with Gasteiger partial charge < -0.3 is 20.5 Å². The van der Waals surface area contributed by atoms with Crippen molar-refractivity contribution in [2.75, 3.05) is 11.9 Å². The molecule has 0 saturated heterocycles.